The van der Waals surface area contributed by atoms with E-state index < -0.39 is 0 Å². The number of unbranched alkanes of at least 4 members (excludes halogenated alkanes) is 4. The van der Waals surface area contributed by atoms with Gasteiger partial charge < -0.3 is 4.98 Å². The third-order valence-electron chi connectivity index (χ3n) is 3.53. The van der Waals surface area contributed by atoms with Crippen molar-refractivity contribution in [2.75, 3.05) is 0 Å². The van der Waals surface area contributed by atoms with Crippen LogP contribution in [0.25, 0.3) is 10.9 Å². The van der Waals surface area contributed by atoms with Gasteiger partial charge in [0.1, 0.15) is 5.52 Å². The van der Waals surface area contributed by atoms with Crippen molar-refractivity contribution >= 4 is 16.6 Å². The molecule has 4 nitrogen and oxygen atoms in total. The first-order valence-electron chi connectivity index (χ1n) is 6.97. The number of aryl methyl sites for hydroxylation is 1. The fraction of sp³-hybridized carbons (Fsp3) is 0.467. The first-order chi connectivity index (χ1) is 9.24. The summed E-state index contributed by atoms with van der Waals surface area (Å²) in [5, 5.41) is 11.9. The minimum absolute atomic E-state index is 0.162. The van der Waals surface area contributed by atoms with Crippen LogP contribution in [-0.4, -0.2) is 9.91 Å². The molecule has 0 spiro atoms. The molecule has 0 fully saturated rings. The van der Waals surface area contributed by atoms with E-state index in [0.29, 0.717) is 5.52 Å². The third-order valence-corrected chi connectivity index (χ3v) is 3.53. The average Bonchev–Trinajstić information content (AvgIpc) is 2.81. The Morgan fingerprint density at radius 2 is 2.00 bits per heavy atom. The molecular formula is C15H20N2O2. The fourth-order valence-corrected chi connectivity index (χ4v) is 2.47. The second-order valence-electron chi connectivity index (χ2n) is 4.93. The van der Waals surface area contributed by atoms with Crippen molar-refractivity contribution in [2.45, 2.75) is 45.4 Å². The molecule has 0 saturated heterocycles. The Morgan fingerprint density at radius 3 is 2.74 bits per heavy atom. The van der Waals surface area contributed by atoms with Gasteiger partial charge in [-0.25, -0.2) is 0 Å². The van der Waals surface area contributed by atoms with Crippen LogP contribution in [0.3, 0.4) is 0 Å². The molecule has 4 heteroatoms. The van der Waals surface area contributed by atoms with Crippen LogP contribution in [0.4, 0.5) is 5.69 Å². The van der Waals surface area contributed by atoms with Gasteiger partial charge in [0, 0.05) is 17.6 Å². The molecule has 0 aliphatic rings. The van der Waals surface area contributed by atoms with Gasteiger partial charge in [0.25, 0.3) is 5.69 Å². The number of non-ortho nitro benzene ring substituents is 1. The highest BCUT2D eigenvalue weighted by atomic mass is 16.6. The molecule has 0 aliphatic heterocycles. The third kappa shape index (κ3) is 3.13. The van der Waals surface area contributed by atoms with E-state index in [1.807, 2.05) is 12.3 Å². The number of para-hydroxylation sites is 1. The molecule has 0 unspecified atom stereocenters. The Balaban J connectivity index is 2.08. The van der Waals surface area contributed by atoms with Crippen LogP contribution >= 0.6 is 0 Å². The summed E-state index contributed by atoms with van der Waals surface area (Å²) in [7, 11) is 0. The minimum Gasteiger partial charge on any atom is -0.355 e. The zero-order valence-corrected chi connectivity index (χ0v) is 11.3. The predicted molar refractivity (Wildman–Crippen MR) is 77.4 cm³/mol. The van der Waals surface area contributed by atoms with Crippen LogP contribution < -0.4 is 0 Å². The number of nitro benzene ring substituents is 1. The number of aromatic amines is 1. The number of H-pyrrole nitrogens is 1. The van der Waals surface area contributed by atoms with Crippen molar-refractivity contribution < 1.29 is 4.92 Å². The summed E-state index contributed by atoms with van der Waals surface area (Å²) in [4.78, 5) is 13.7. The quantitative estimate of drug-likeness (QED) is 0.449. The topological polar surface area (TPSA) is 58.9 Å². The van der Waals surface area contributed by atoms with Gasteiger partial charge in [0.2, 0.25) is 0 Å². The molecule has 1 heterocycles. The molecular weight excluding hydrogens is 240 g/mol. The maximum Gasteiger partial charge on any atom is 0.293 e. The molecule has 19 heavy (non-hydrogen) atoms. The van der Waals surface area contributed by atoms with Crippen molar-refractivity contribution in [1.29, 1.82) is 0 Å². The number of nitrogens with one attached hydrogen (secondary N) is 1. The summed E-state index contributed by atoms with van der Waals surface area (Å²) in [5.41, 5.74) is 2.00. The number of benzene rings is 1. The van der Waals surface area contributed by atoms with Crippen LogP contribution in [0.15, 0.2) is 24.4 Å². The number of hydrogen-bond donors (Lipinski definition) is 1. The molecule has 0 saturated carbocycles. The van der Waals surface area contributed by atoms with E-state index in [-0.39, 0.29) is 10.6 Å². The first-order valence-corrected chi connectivity index (χ1v) is 6.97. The fourth-order valence-electron chi connectivity index (χ4n) is 2.47. The van der Waals surface area contributed by atoms with Gasteiger partial charge in [-0.3, -0.25) is 10.1 Å². The van der Waals surface area contributed by atoms with Gasteiger partial charge in [-0.1, -0.05) is 44.7 Å². The van der Waals surface area contributed by atoms with Gasteiger partial charge in [0.05, 0.1) is 4.92 Å². The Hall–Kier alpha value is -1.84. The molecule has 0 radical (unpaired) electrons. The summed E-state index contributed by atoms with van der Waals surface area (Å²) >= 11 is 0. The van der Waals surface area contributed by atoms with Gasteiger partial charge >= 0.3 is 0 Å². The molecule has 1 aromatic carbocycles. The number of nitro groups is 1. The second-order valence-corrected chi connectivity index (χ2v) is 4.93. The molecule has 0 amide bonds. The van der Waals surface area contributed by atoms with Crippen molar-refractivity contribution in [3.63, 3.8) is 0 Å². The van der Waals surface area contributed by atoms with E-state index in [1.165, 1.54) is 31.2 Å². The molecule has 0 bridgehead atoms. The van der Waals surface area contributed by atoms with E-state index in [2.05, 4.69) is 11.9 Å². The van der Waals surface area contributed by atoms with E-state index in [1.54, 1.807) is 12.1 Å². The van der Waals surface area contributed by atoms with Crippen molar-refractivity contribution in [2.24, 2.45) is 0 Å². The zero-order valence-electron chi connectivity index (χ0n) is 11.3. The largest absolute Gasteiger partial charge is 0.355 e. The summed E-state index contributed by atoms with van der Waals surface area (Å²) in [6.07, 6.45) is 9.10. The number of rotatable bonds is 7. The smallest absolute Gasteiger partial charge is 0.293 e. The summed E-state index contributed by atoms with van der Waals surface area (Å²) < 4.78 is 0. The summed E-state index contributed by atoms with van der Waals surface area (Å²) in [5.74, 6) is 0. The van der Waals surface area contributed by atoms with Gasteiger partial charge in [-0.2, -0.15) is 0 Å². The molecule has 2 rings (SSSR count). The monoisotopic (exact) mass is 260 g/mol. The van der Waals surface area contributed by atoms with Crippen LogP contribution in [-0.2, 0) is 6.42 Å². The Morgan fingerprint density at radius 1 is 1.21 bits per heavy atom. The number of nitrogens with zero attached hydrogens (tertiary/aromatic N) is 1. The molecule has 0 atom stereocenters. The lowest BCUT2D eigenvalue weighted by molar-refractivity contribution is -0.383. The average molecular weight is 260 g/mol. The van der Waals surface area contributed by atoms with Crippen LogP contribution in [0.5, 0.6) is 0 Å². The lowest BCUT2D eigenvalue weighted by Gasteiger charge is -2.00. The molecule has 1 N–H and O–H groups in total. The summed E-state index contributed by atoms with van der Waals surface area (Å²) in [6, 6.07) is 5.26. The Bertz CT molecular complexity index is 560. The highest BCUT2D eigenvalue weighted by Gasteiger charge is 2.14. The van der Waals surface area contributed by atoms with Crippen molar-refractivity contribution in [1.82, 2.24) is 4.98 Å². The van der Waals surface area contributed by atoms with Gasteiger partial charge in [0.15, 0.2) is 0 Å². The molecule has 102 valence electrons. The summed E-state index contributed by atoms with van der Waals surface area (Å²) in [6.45, 7) is 2.21. The Kier molecular flexibility index (Phi) is 4.55. The number of hydrogen-bond acceptors (Lipinski definition) is 2. The maximum absolute atomic E-state index is 10.9. The molecule has 0 aliphatic carbocycles. The first kappa shape index (κ1) is 13.6. The highest BCUT2D eigenvalue weighted by molar-refractivity contribution is 5.90. The Labute approximate surface area is 113 Å². The van der Waals surface area contributed by atoms with Crippen LogP contribution in [0, 0.1) is 10.1 Å². The SMILES string of the molecule is CCCCCCCc1c[nH]c2c([N+](=O)[O-])cccc12. The number of fused-ring (bicyclic) bond motifs is 1. The van der Waals surface area contributed by atoms with E-state index in [9.17, 15) is 10.1 Å². The van der Waals surface area contributed by atoms with Crippen LogP contribution in [0.2, 0.25) is 0 Å². The maximum atomic E-state index is 10.9. The molecule has 2 aromatic rings. The van der Waals surface area contributed by atoms with Crippen molar-refractivity contribution in [3.05, 3.63) is 40.1 Å². The van der Waals surface area contributed by atoms with Gasteiger partial charge in [-0.05, 0) is 18.4 Å². The van der Waals surface area contributed by atoms with E-state index in [4.69, 9.17) is 0 Å². The van der Waals surface area contributed by atoms with E-state index >= 15 is 0 Å². The molecule has 1 aromatic heterocycles. The lowest BCUT2D eigenvalue weighted by atomic mass is 10.0. The second kappa shape index (κ2) is 6.36. The van der Waals surface area contributed by atoms with Gasteiger partial charge in [-0.15, -0.1) is 0 Å². The van der Waals surface area contributed by atoms with Crippen molar-refractivity contribution in [3.8, 4) is 0 Å². The minimum atomic E-state index is -0.330. The van der Waals surface area contributed by atoms with E-state index in [0.717, 1.165) is 18.2 Å². The van der Waals surface area contributed by atoms with Crippen LogP contribution in [0.1, 0.15) is 44.6 Å². The predicted octanol–water partition coefficient (Wildman–Crippen LogP) is 4.59. The normalized spacial score (nSPS) is 11.0. The lowest BCUT2D eigenvalue weighted by Crippen LogP contribution is -1.89. The highest BCUT2D eigenvalue weighted by Crippen LogP contribution is 2.27. The zero-order chi connectivity index (χ0) is 13.7. The standard InChI is InChI=1S/C15H20N2O2/c1-2-3-4-5-6-8-12-11-16-15-13(12)9-7-10-14(15)17(18)19/h7,9-11,16H,2-6,8H2,1H3. The number of aromatic nitrogens is 1.